The van der Waals surface area contributed by atoms with Crippen molar-refractivity contribution in [2.75, 3.05) is 7.11 Å². The number of carbonyl (C=O) groups excluding carboxylic acids is 1. The molecule has 0 aliphatic rings. The molecule has 3 aromatic rings. The van der Waals surface area contributed by atoms with E-state index in [0.29, 0.717) is 31.1 Å². The van der Waals surface area contributed by atoms with Crippen LogP contribution in [0, 0.1) is 0 Å². The number of hydrogen-bond acceptors (Lipinski definition) is 4. The van der Waals surface area contributed by atoms with Gasteiger partial charge in [0.2, 0.25) is 0 Å². The van der Waals surface area contributed by atoms with Gasteiger partial charge in [-0.3, -0.25) is 0 Å². The van der Waals surface area contributed by atoms with Crippen LogP contribution in [0.15, 0.2) is 24.3 Å². The van der Waals surface area contributed by atoms with Gasteiger partial charge in [-0.15, -0.1) is 11.3 Å². The van der Waals surface area contributed by atoms with Crippen LogP contribution < -0.4 is 0 Å². The molecule has 0 saturated heterocycles. The number of hydrogen-bond donors (Lipinski definition) is 0. The molecule has 2 aromatic carbocycles. The lowest BCUT2D eigenvalue weighted by Crippen LogP contribution is -2.03. The number of aromatic nitrogens is 1. The highest BCUT2D eigenvalue weighted by Crippen LogP contribution is 2.45. The number of carbonyl (C=O) groups is 1. The van der Waals surface area contributed by atoms with Crippen molar-refractivity contribution < 1.29 is 9.53 Å². The van der Waals surface area contributed by atoms with Gasteiger partial charge in [0.05, 0.1) is 42.1 Å². The number of rotatable bonds is 3. The van der Waals surface area contributed by atoms with E-state index in [1.807, 2.05) is 0 Å². The van der Waals surface area contributed by atoms with E-state index in [4.69, 9.17) is 74.3 Å². The fourth-order valence-corrected chi connectivity index (χ4v) is 4.73. The molecular weight excluding hydrogens is 495 g/mol. The highest BCUT2D eigenvalue weighted by Gasteiger charge is 2.25. The summed E-state index contributed by atoms with van der Waals surface area (Å²) in [5.74, 6) is -0.633. The highest BCUT2D eigenvalue weighted by atomic mass is 35.5. The normalized spacial score (nSPS) is 10.9. The summed E-state index contributed by atoms with van der Waals surface area (Å²) in [6.07, 6.45) is 0. The van der Waals surface area contributed by atoms with E-state index in [0.717, 1.165) is 0 Å². The molecule has 0 amide bonds. The third kappa shape index (κ3) is 3.90. The minimum Gasteiger partial charge on any atom is -0.464 e. The van der Waals surface area contributed by atoms with Crippen molar-refractivity contribution in [2.45, 2.75) is 0 Å². The van der Waals surface area contributed by atoms with Crippen LogP contribution in [-0.4, -0.2) is 18.1 Å². The zero-order valence-electron chi connectivity index (χ0n) is 13.2. The van der Waals surface area contributed by atoms with E-state index in [1.165, 1.54) is 18.4 Å². The van der Waals surface area contributed by atoms with Gasteiger partial charge < -0.3 is 4.74 Å². The smallest absolute Gasteiger partial charge is 0.358 e. The predicted octanol–water partition coefficient (Wildman–Crippen LogP) is 8.18. The maximum atomic E-state index is 12.3. The summed E-state index contributed by atoms with van der Waals surface area (Å²) in [5, 5.41) is 1.83. The van der Waals surface area contributed by atoms with Gasteiger partial charge in [0.25, 0.3) is 0 Å². The Bertz CT molecular complexity index is 1070. The van der Waals surface area contributed by atoms with Crippen molar-refractivity contribution in [2.24, 2.45) is 0 Å². The summed E-state index contributed by atoms with van der Waals surface area (Å²) >= 11 is 38.0. The highest BCUT2D eigenvalue weighted by molar-refractivity contribution is 7.19. The lowest BCUT2D eigenvalue weighted by Gasteiger charge is -2.06. The van der Waals surface area contributed by atoms with E-state index < -0.39 is 5.97 Å². The van der Waals surface area contributed by atoms with E-state index >= 15 is 0 Å². The summed E-state index contributed by atoms with van der Waals surface area (Å²) in [5.41, 5.74) is 1.08. The number of ether oxygens (including phenoxy) is 1. The van der Waals surface area contributed by atoms with Gasteiger partial charge in [-0.2, -0.15) is 0 Å². The quantitative estimate of drug-likeness (QED) is 0.268. The first kappa shape index (κ1) is 21.0. The molecule has 0 atom stereocenters. The van der Waals surface area contributed by atoms with Crippen LogP contribution in [0.2, 0.25) is 30.1 Å². The fourth-order valence-electron chi connectivity index (χ4n) is 2.25. The third-order valence-electron chi connectivity index (χ3n) is 3.55. The van der Waals surface area contributed by atoms with Crippen LogP contribution in [0.25, 0.3) is 21.0 Å². The molecular formula is C17H7Cl6NO2S. The minimum absolute atomic E-state index is 0.0694. The fraction of sp³-hybridized carbons (Fsp3) is 0.0588. The van der Waals surface area contributed by atoms with Crippen molar-refractivity contribution in [1.82, 2.24) is 4.98 Å². The Hall–Kier alpha value is -0.720. The van der Waals surface area contributed by atoms with Crippen LogP contribution in [0.4, 0.5) is 0 Å². The summed E-state index contributed by atoms with van der Waals surface area (Å²) in [6.45, 7) is 0. The molecule has 0 unspecified atom stereocenters. The van der Waals surface area contributed by atoms with Gasteiger partial charge in [-0.1, -0.05) is 75.7 Å². The van der Waals surface area contributed by atoms with E-state index in [1.54, 1.807) is 24.3 Å². The standard InChI is InChI=1S/C17H7Cl6NO2S/c1-26-17(25)14-15(6-2-4-8(18)12(22)10(6)20)27-16(24-14)7-3-5-9(19)13(23)11(7)21/h2-5H,1H3. The summed E-state index contributed by atoms with van der Waals surface area (Å²) in [4.78, 5) is 17.1. The zero-order chi connectivity index (χ0) is 19.9. The molecule has 140 valence electrons. The first-order valence-corrected chi connectivity index (χ1v) is 10.2. The number of thiazole rings is 1. The van der Waals surface area contributed by atoms with Crippen LogP contribution in [0.5, 0.6) is 0 Å². The number of benzene rings is 2. The molecule has 3 rings (SSSR count). The Labute approximate surface area is 188 Å². The van der Waals surface area contributed by atoms with Crippen LogP contribution in [0.1, 0.15) is 10.5 Å². The molecule has 10 heteroatoms. The summed E-state index contributed by atoms with van der Waals surface area (Å²) in [7, 11) is 1.26. The molecule has 0 spiro atoms. The molecule has 0 aliphatic carbocycles. The molecule has 0 N–H and O–H groups in total. The summed E-state index contributed by atoms with van der Waals surface area (Å²) in [6, 6.07) is 6.49. The molecule has 27 heavy (non-hydrogen) atoms. The summed E-state index contributed by atoms with van der Waals surface area (Å²) < 4.78 is 4.84. The van der Waals surface area contributed by atoms with Gasteiger partial charge in [0.15, 0.2) is 5.69 Å². The van der Waals surface area contributed by atoms with Crippen molar-refractivity contribution >= 4 is 86.9 Å². The largest absolute Gasteiger partial charge is 0.464 e. The number of nitrogens with zero attached hydrogens (tertiary/aromatic N) is 1. The van der Waals surface area contributed by atoms with Crippen molar-refractivity contribution in [3.63, 3.8) is 0 Å². The Balaban J connectivity index is 2.26. The second-order valence-electron chi connectivity index (χ2n) is 5.13. The first-order valence-electron chi connectivity index (χ1n) is 7.13. The molecule has 0 saturated carbocycles. The average molecular weight is 502 g/mol. The van der Waals surface area contributed by atoms with Gasteiger partial charge >= 0.3 is 5.97 Å². The number of esters is 1. The molecule has 0 fully saturated rings. The second-order valence-corrected chi connectivity index (χ2v) is 8.46. The van der Waals surface area contributed by atoms with Gasteiger partial charge in [0, 0.05) is 11.1 Å². The SMILES string of the molecule is COC(=O)c1nc(-c2ccc(Cl)c(Cl)c2Cl)sc1-c1ccc(Cl)c(Cl)c1Cl. The predicted molar refractivity (Wildman–Crippen MR) is 114 cm³/mol. The van der Waals surface area contributed by atoms with Gasteiger partial charge in [-0.25, -0.2) is 9.78 Å². The topological polar surface area (TPSA) is 39.2 Å². The monoisotopic (exact) mass is 499 g/mol. The average Bonchev–Trinajstić information content (AvgIpc) is 3.08. The lowest BCUT2D eigenvalue weighted by atomic mass is 10.1. The molecule has 0 bridgehead atoms. The maximum absolute atomic E-state index is 12.3. The Kier molecular flexibility index (Phi) is 6.48. The maximum Gasteiger partial charge on any atom is 0.358 e. The Morgan fingerprint density at radius 2 is 1.37 bits per heavy atom. The van der Waals surface area contributed by atoms with Crippen molar-refractivity contribution in [3.8, 4) is 21.0 Å². The van der Waals surface area contributed by atoms with E-state index in [9.17, 15) is 4.79 Å². The van der Waals surface area contributed by atoms with Gasteiger partial charge in [-0.05, 0) is 18.2 Å². The minimum atomic E-state index is -0.633. The first-order chi connectivity index (χ1) is 12.8. The van der Waals surface area contributed by atoms with Crippen molar-refractivity contribution in [3.05, 3.63) is 60.1 Å². The lowest BCUT2D eigenvalue weighted by molar-refractivity contribution is 0.0596. The van der Waals surface area contributed by atoms with E-state index in [2.05, 4.69) is 4.98 Å². The van der Waals surface area contributed by atoms with Crippen LogP contribution >= 0.6 is 80.9 Å². The molecule has 3 nitrogen and oxygen atoms in total. The van der Waals surface area contributed by atoms with Crippen LogP contribution in [-0.2, 0) is 4.74 Å². The van der Waals surface area contributed by atoms with E-state index in [-0.39, 0.29) is 25.8 Å². The third-order valence-corrected chi connectivity index (χ3v) is 7.26. The molecule has 1 aromatic heterocycles. The number of halogens is 6. The second kappa shape index (κ2) is 8.34. The van der Waals surface area contributed by atoms with Crippen LogP contribution in [0.3, 0.4) is 0 Å². The van der Waals surface area contributed by atoms with Gasteiger partial charge in [0.1, 0.15) is 5.01 Å². The molecule has 0 radical (unpaired) electrons. The van der Waals surface area contributed by atoms with Crippen molar-refractivity contribution in [1.29, 1.82) is 0 Å². The number of methoxy groups -OCH3 is 1. The zero-order valence-corrected chi connectivity index (χ0v) is 18.6. The molecule has 1 heterocycles. The Morgan fingerprint density at radius 3 is 1.93 bits per heavy atom. The molecule has 0 aliphatic heterocycles. The Morgan fingerprint density at radius 1 is 0.852 bits per heavy atom.